The third-order valence-electron chi connectivity index (χ3n) is 1.15. The van der Waals surface area contributed by atoms with E-state index in [1.54, 1.807) is 12.4 Å². The number of hydroxylamine groups is 1. The molecule has 0 aliphatic heterocycles. The molecule has 0 bridgehead atoms. The van der Waals surface area contributed by atoms with Crippen LogP contribution in [0.4, 0.5) is 0 Å². The summed E-state index contributed by atoms with van der Waals surface area (Å²) in [6, 6.07) is 0. The quantitative estimate of drug-likeness (QED) is 0.469. The Balaban J connectivity index is 2.16. The molecule has 0 aromatic carbocycles. The highest BCUT2D eigenvalue weighted by atomic mass is 16.7. The van der Waals surface area contributed by atoms with Crippen molar-refractivity contribution in [2.75, 3.05) is 13.2 Å². The van der Waals surface area contributed by atoms with Gasteiger partial charge >= 0.3 is 0 Å². The minimum Gasteiger partial charge on any atom is -0.396 e. The zero-order valence-electron chi connectivity index (χ0n) is 6.60. The molecule has 0 spiro atoms. The fraction of sp³-hybridized carbons (Fsp3) is 0.429. The lowest BCUT2D eigenvalue weighted by Crippen LogP contribution is -2.21. The Bertz CT molecular complexity index is 205. The van der Waals surface area contributed by atoms with Gasteiger partial charge in [0.25, 0.3) is 5.88 Å². The van der Waals surface area contributed by atoms with Crippen molar-refractivity contribution < 1.29 is 9.94 Å². The van der Waals surface area contributed by atoms with E-state index in [1.807, 2.05) is 0 Å². The van der Waals surface area contributed by atoms with Crippen LogP contribution in [0.1, 0.15) is 6.42 Å². The number of aromatic nitrogens is 2. The van der Waals surface area contributed by atoms with E-state index in [1.165, 1.54) is 6.20 Å². The molecule has 0 amide bonds. The molecule has 0 aliphatic rings. The topological polar surface area (TPSA) is 67.3 Å². The van der Waals surface area contributed by atoms with Crippen molar-refractivity contribution in [1.82, 2.24) is 15.4 Å². The molecule has 0 fully saturated rings. The molecule has 12 heavy (non-hydrogen) atoms. The fourth-order valence-electron chi connectivity index (χ4n) is 0.614. The van der Waals surface area contributed by atoms with Gasteiger partial charge in [-0.15, -0.1) is 0 Å². The molecular weight excluding hydrogens is 158 g/mol. The van der Waals surface area contributed by atoms with Gasteiger partial charge in [0, 0.05) is 25.5 Å². The van der Waals surface area contributed by atoms with Crippen LogP contribution >= 0.6 is 0 Å². The SMILES string of the molecule is OCCCNOc1cnccn1. The van der Waals surface area contributed by atoms with Crippen molar-refractivity contribution in [2.45, 2.75) is 6.42 Å². The largest absolute Gasteiger partial charge is 0.396 e. The number of nitrogens with one attached hydrogen (secondary N) is 1. The van der Waals surface area contributed by atoms with Crippen molar-refractivity contribution in [1.29, 1.82) is 0 Å². The number of nitrogens with zero attached hydrogens (tertiary/aromatic N) is 2. The van der Waals surface area contributed by atoms with E-state index in [0.29, 0.717) is 18.8 Å². The van der Waals surface area contributed by atoms with E-state index in [2.05, 4.69) is 15.4 Å². The molecule has 1 aromatic heterocycles. The Morgan fingerprint density at radius 3 is 3.08 bits per heavy atom. The van der Waals surface area contributed by atoms with Gasteiger partial charge in [0.05, 0.1) is 6.20 Å². The van der Waals surface area contributed by atoms with Crippen LogP contribution in [0, 0.1) is 0 Å². The number of aliphatic hydroxyl groups is 1. The smallest absolute Gasteiger partial charge is 0.256 e. The van der Waals surface area contributed by atoms with Crippen molar-refractivity contribution in [3.63, 3.8) is 0 Å². The number of hydrogen-bond acceptors (Lipinski definition) is 5. The minimum atomic E-state index is 0.150. The second-order valence-electron chi connectivity index (χ2n) is 2.12. The van der Waals surface area contributed by atoms with Crippen LogP contribution in [0.25, 0.3) is 0 Å². The van der Waals surface area contributed by atoms with Crippen LogP contribution in [0.2, 0.25) is 0 Å². The summed E-state index contributed by atoms with van der Waals surface area (Å²) in [6.45, 7) is 0.740. The van der Waals surface area contributed by atoms with E-state index < -0.39 is 0 Å². The van der Waals surface area contributed by atoms with Gasteiger partial charge in [-0.05, 0) is 6.42 Å². The van der Waals surface area contributed by atoms with Gasteiger partial charge in [0.1, 0.15) is 0 Å². The van der Waals surface area contributed by atoms with E-state index in [4.69, 9.17) is 9.94 Å². The molecule has 0 radical (unpaired) electrons. The molecule has 0 saturated carbocycles. The highest BCUT2D eigenvalue weighted by molar-refractivity contribution is 5.00. The predicted molar refractivity (Wildman–Crippen MR) is 42.4 cm³/mol. The standard InChI is InChI=1S/C7H11N3O2/c11-5-1-2-10-12-7-6-8-3-4-9-7/h3-4,6,10-11H,1-2,5H2. The Hall–Kier alpha value is -1.20. The van der Waals surface area contributed by atoms with Gasteiger partial charge in [-0.3, -0.25) is 4.98 Å². The summed E-state index contributed by atoms with van der Waals surface area (Å²) >= 11 is 0. The predicted octanol–water partition coefficient (Wildman–Crippen LogP) is -0.258. The summed E-state index contributed by atoms with van der Waals surface area (Å²) in [5, 5.41) is 8.44. The maximum absolute atomic E-state index is 8.44. The average molecular weight is 169 g/mol. The van der Waals surface area contributed by atoms with Gasteiger partial charge in [-0.1, -0.05) is 0 Å². The molecular formula is C7H11N3O2. The first-order valence-electron chi connectivity index (χ1n) is 3.70. The van der Waals surface area contributed by atoms with Crippen molar-refractivity contribution in [3.8, 4) is 5.88 Å². The lowest BCUT2D eigenvalue weighted by atomic mass is 10.5. The number of aliphatic hydroxyl groups excluding tert-OH is 1. The molecule has 1 heterocycles. The van der Waals surface area contributed by atoms with E-state index in [9.17, 15) is 0 Å². The van der Waals surface area contributed by atoms with Crippen LogP contribution in [0.15, 0.2) is 18.6 Å². The molecule has 5 heteroatoms. The van der Waals surface area contributed by atoms with Crippen molar-refractivity contribution >= 4 is 0 Å². The first kappa shape index (κ1) is 8.89. The van der Waals surface area contributed by atoms with Crippen molar-refractivity contribution in [3.05, 3.63) is 18.6 Å². The van der Waals surface area contributed by atoms with Crippen LogP contribution in [-0.2, 0) is 0 Å². The summed E-state index contributed by atoms with van der Waals surface area (Å²) in [5.74, 6) is 0.426. The van der Waals surface area contributed by atoms with E-state index in [0.717, 1.165) is 0 Å². The first-order valence-corrected chi connectivity index (χ1v) is 3.70. The Labute approximate surface area is 70.4 Å². The zero-order valence-corrected chi connectivity index (χ0v) is 6.60. The van der Waals surface area contributed by atoms with Crippen LogP contribution in [-0.4, -0.2) is 28.2 Å². The molecule has 1 rings (SSSR count). The Kier molecular flexibility index (Phi) is 4.04. The van der Waals surface area contributed by atoms with Crippen LogP contribution < -0.4 is 10.3 Å². The third-order valence-corrected chi connectivity index (χ3v) is 1.15. The summed E-state index contributed by atoms with van der Waals surface area (Å²) in [7, 11) is 0. The number of hydrogen-bond donors (Lipinski definition) is 2. The molecule has 0 saturated heterocycles. The maximum atomic E-state index is 8.44. The molecule has 2 N–H and O–H groups in total. The molecule has 1 aromatic rings. The first-order chi connectivity index (χ1) is 5.93. The Morgan fingerprint density at radius 2 is 2.42 bits per heavy atom. The van der Waals surface area contributed by atoms with Gasteiger partial charge < -0.3 is 9.94 Å². The van der Waals surface area contributed by atoms with Gasteiger partial charge in [0.2, 0.25) is 0 Å². The lowest BCUT2D eigenvalue weighted by molar-refractivity contribution is 0.173. The number of rotatable bonds is 5. The summed E-state index contributed by atoms with van der Waals surface area (Å²) in [4.78, 5) is 12.6. The average Bonchev–Trinajstić information content (AvgIpc) is 2.14. The van der Waals surface area contributed by atoms with Crippen LogP contribution in [0.3, 0.4) is 0 Å². The zero-order chi connectivity index (χ0) is 8.65. The van der Waals surface area contributed by atoms with Crippen molar-refractivity contribution in [2.24, 2.45) is 0 Å². The summed E-state index contributed by atoms with van der Waals surface area (Å²) in [5.41, 5.74) is 2.64. The van der Waals surface area contributed by atoms with E-state index in [-0.39, 0.29) is 6.61 Å². The fourth-order valence-corrected chi connectivity index (χ4v) is 0.614. The van der Waals surface area contributed by atoms with E-state index >= 15 is 0 Å². The summed E-state index contributed by atoms with van der Waals surface area (Å²) < 4.78 is 0. The monoisotopic (exact) mass is 169 g/mol. The van der Waals surface area contributed by atoms with Gasteiger partial charge in [-0.2, -0.15) is 5.48 Å². The second-order valence-corrected chi connectivity index (χ2v) is 2.12. The highest BCUT2D eigenvalue weighted by Gasteiger charge is 1.91. The van der Waals surface area contributed by atoms with Gasteiger partial charge in [-0.25, -0.2) is 4.98 Å². The minimum absolute atomic E-state index is 0.150. The maximum Gasteiger partial charge on any atom is 0.256 e. The Morgan fingerprint density at radius 1 is 1.50 bits per heavy atom. The lowest BCUT2D eigenvalue weighted by Gasteiger charge is -2.03. The molecule has 0 atom stereocenters. The molecule has 0 aliphatic carbocycles. The molecule has 0 unspecified atom stereocenters. The third kappa shape index (κ3) is 3.27. The highest BCUT2D eigenvalue weighted by Crippen LogP contribution is 1.97. The second kappa shape index (κ2) is 5.45. The normalized spacial score (nSPS) is 9.75. The summed E-state index contributed by atoms with van der Waals surface area (Å²) in [6.07, 6.45) is 5.27. The van der Waals surface area contributed by atoms with Crippen LogP contribution in [0.5, 0.6) is 5.88 Å². The van der Waals surface area contributed by atoms with Gasteiger partial charge in [0.15, 0.2) is 0 Å². The molecule has 5 nitrogen and oxygen atoms in total. The molecule has 66 valence electrons.